The monoisotopic (exact) mass is 640 g/mol. The van der Waals surface area contributed by atoms with Crippen molar-refractivity contribution in [2.75, 3.05) is 79.5 Å². The van der Waals surface area contributed by atoms with Crippen LogP contribution in [0.3, 0.4) is 0 Å². The van der Waals surface area contributed by atoms with Crippen LogP contribution in [0, 0.1) is 0 Å². The SMILES string of the molecule is COc1cc(N2CCC(N3CCN(C)CC3)CC2)ccc1Nc1ncc(Cl)c(Nc2cccc3c2N(S(C)(=O)=O)C(C)C3)n1. The number of rotatable bonds is 8. The molecule has 0 aliphatic carbocycles. The number of hydrogen-bond acceptors (Lipinski definition) is 10. The van der Waals surface area contributed by atoms with Crippen molar-refractivity contribution in [1.29, 1.82) is 0 Å². The molecule has 0 radical (unpaired) electrons. The molecule has 3 aromatic rings. The van der Waals surface area contributed by atoms with Crippen LogP contribution in [0.1, 0.15) is 25.3 Å². The van der Waals surface area contributed by atoms with Gasteiger partial charge in [0, 0.05) is 63.1 Å². The number of benzene rings is 2. The molecule has 2 aromatic carbocycles. The molecule has 0 spiro atoms. The largest absolute Gasteiger partial charge is 0.494 e. The minimum Gasteiger partial charge on any atom is -0.494 e. The Morgan fingerprint density at radius 2 is 1.75 bits per heavy atom. The Labute approximate surface area is 265 Å². The van der Waals surface area contributed by atoms with Crippen LogP contribution in [0.4, 0.5) is 34.5 Å². The molecule has 2 fully saturated rings. The molecule has 6 rings (SSSR count). The van der Waals surface area contributed by atoms with Crippen LogP contribution in [-0.4, -0.2) is 100.0 Å². The summed E-state index contributed by atoms with van der Waals surface area (Å²) in [5, 5.41) is 6.84. The van der Waals surface area contributed by atoms with Gasteiger partial charge in [0.15, 0.2) is 5.82 Å². The molecule has 44 heavy (non-hydrogen) atoms. The lowest BCUT2D eigenvalue weighted by atomic mass is 10.0. The van der Waals surface area contributed by atoms with Crippen molar-refractivity contribution >= 4 is 56.1 Å². The molecule has 2 saturated heterocycles. The average Bonchev–Trinajstić information content (AvgIpc) is 3.37. The highest BCUT2D eigenvalue weighted by Gasteiger charge is 2.35. The van der Waals surface area contributed by atoms with E-state index in [1.165, 1.54) is 16.8 Å². The van der Waals surface area contributed by atoms with E-state index in [0.29, 0.717) is 46.4 Å². The summed E-state index contributed by atoms with van der Waals surface area (Å²) in [6.07, 6.45) is 5.69. The zero-order chi connectivity index (χ0) is 31.0. The fourth-order valence-electron chi connectivity index (χ4n) is 6.65. The minimum atomic E-state index is -3.47. The van der Waals surface area contributed by atoms with Gasteiger partial charge in [-0.15, -0.1) is 0 Å². The number of hydrogen-bond donors (Lipinski definition) is 2. The van der Waals surface area contributed by atoms with Gasteiger partial charge in [-0.2, -0.15) is 4.98 Å². The first kappa shape index (κ1) is 30.7. The van der Waals surface area contributed by atoms with Gasteiger partial charge in [0.2, 0.25) is 16.0 Å². The number of ether oxygens (including phenoxy) is 1. The number of para-hydroxylation sites is 1. The van der Waals surface area contributed by atoms with Gasteiger partial charge < -0.3 is 25.2 Å². The van der Waals surface area contributed by atoms with Gasteiger partial charge in [0.25, 0.3) is 0 Å². The molecule has 11 nitrogen and oxygen atoms in total. The van der Waals surface area contributed by atoms with Gasteiger partial charge in [0.05, 0.1) is 36.6 Å². The van der Waals surface area contributed by atoms with Gasteiger partial charge in [-0.25, -0.2) is 13.4 Å². The molecule has 13 heteroatoms. The van der Waals surface area contributed by atoms with Crippen LogP contribution in [0.5, 0.6) is 5.75 Å². The van der Waals surface area contributed by atoms with Crippen molar-refractivity contribution in [2.24, 2.45) is 0 Å². The lowest BCUT2D eigenvalue weighted by molar-refractivity contribution is 0.0982. The van der Waals surface area contributed by atoms with E-state index in [1.54, 1.807) is 7.11 Å². The molecule has 1 aromatic heterocycles. The summed E-state index contributed by atoms with van der Waals surface area (Å²) in [4.78, 5) is 16.5. The van der Waals surface area contributed by atoms with E-state index in [4.69, 9.17) is 16.3 Å². The third-order valence-electron chi connectivity index (χ3n) is 8.93. The van der Waals surface area contributed by atoms with E-state index >= 15 is 0 Å². The van der Waals surface area contributed by atoms with Crippen molar-refractivity contribution < 1.29 is 13.2 Å². The summed E-state index contributed by atoms with van der Waals surface area (Å²) in [5.41, 5.74) is 4.05. The molecule has 0 saturated carbocycles. The van der Waals surface area contributed by atoms with Crippen LogP contribution in [0.15, 0.2) is 42.6 Å². The molecule has 0 bridgehead atoms. The van der Waals surface area contributed by atoms with E-state index in [2.05, 4.69) is 54.5 Å². The number of aromatic nitrogens is 2. The van der Waals surface area contributed by atoms with Crippen molar-refractivity contribution in [3.8, 4) is 5.75 Å². The summed E-state index contributed by atoms with van der Waals surface area (Å²) in [5.74, 6) is 1.39. The number of fused-ring (bicyclic) bond motifs is 1. The van der Waals surface area contributed by atoms with Gasteiger partial charge in [-0.1, -0.05) is 23.7 Å². The van der Waals surface area contributed by atoms with Crippen LogP contribution in [0.25, 0.3) is 0 Å². The maximum Gasteiger partial charge on any atom is 0.232 e. The van der Waals surface area contributed by atoms with Crippen molar-refractivity contribution in [2.45, 2.75) is 38.3 Å². The molecule has 236 valence electrons. The number of anilines is 6. The van der Waals surface area contributed by atoms with Crippen LogP contribution in [-0.2, 0) is 16.4 Å². The summed E-state index contributed by atoms with van der Waals surface area (Å²) in [6, 6.07) is 12.3. The van der Waals surface area contributed by atoms with Gasteiger partial charge in [-0.3, -0.25) is 9.21 Å². The second-order valence-electron chi connectivity index (χ2n) is 12.0. The summed E-state index contributed by atoms with van der Waals surface area (Å²) < 4.78 is 32.5. The Balaban J connectivity index is 1.16. The zero-order valence-electron chi connectivity index (χ0n) is 25.8. The Hall–Kier alpha value is -3.32. The zero-order valence-corrected chi connectivity index (χ0v) is 27.3. The fraction of sp³-hybridized carbons (Fsp3) is 0.484. The highest BCUT2D eigenvalue weighted by molar-refractivity contribution is 7.92. The van der Waals surface area contributed by atoms with Gasteiger partial charge in [0.1, 0.15) is 10.8 Å². The first-order valence-electron chi connectivity index (χ1n) is 15.1. The Morgan fingerprint density at radius 1 is 1.00 bits per heavy atom. The Bertz CT molecular complexity index is 1610. The van der Waals surface area contributed by atoms with E-state index in [0.717, 1.165) is 69.0 Å². The van der Waals surface area contributed by atoms with Crippen LogP contribution >= 0.6 is 11.6 Å². The average molecular weight is 641 g/mol. The van der Waals surface area contributed by atoms with Gasteiger partial charge in [-0.05, 0) is 57.0 Å². The second kappa shape index (κ2) is 12.6. The minimum absolute atomic E-state index is 0.181. The van der Waals surface area contributed by atoms with E-state index < -0.39 is 10.0 Å². The lowest BCUT2D eigenvalue weighted by Crippen LogP contribution is -2.52. The number of methoxy groups -OCH3 is 1. The number of nitrogens with zero attached hydrogens (tertiary/aromatic N) is 6. The quantitative estimate of drug-likeness (QED) is 0.364. The number of sulfonamides is 1. The number of likely N-dealkylation sites (N-methyl/N-ethyl adjacent to an activating group) is 1. The molecule has 1 atom stereocenters. The van der Waals surface area contributed by atoms with E-state index in [9.17, 15) is 8.42 Å². The molecule has 3 aliphatic heterocycles. The molecule has 3 aliphatic rings. The molecular formula is C31H41ClN8O3S. The molecule has 1 unspecified atom stereocenters. The topological polar surface area (TPSA) is 106 Å². The third kappa shape index (κ3) is 6.39. The van der Waals surface area contributed by atoms with Gasteiger partial charge >= 0.3 is 0 Å². The van der Waals surface area contributed by atoms with Crippen LogP contribution in [0.2, 0.25) is 5.02 Å². The van der Waals surface area contributed by atoms with Crippen molar-refractivity contribution in [3.05, 3.63) is 53.2 Å². The Kier molecular flexibility index (Phi) is 8.78. The molecule has 2 N–H and O–H groups in total. The van der Waals surface area contributed by atoms with Crippen molar-refractivity contribution in [1.82, 2.24) is 19.8 Å². The maximum atomic E-state index is 12.6. The smallest absolute Gasteiger partial charge is 0.232 e. The van der Waals surface area contributed by atoms with Crippen molar-refractivity contribution in [3.63, 3.8) is 0 Å². The number of piperidine rings is 1. The summed E-state index contributed by atoms with van der Waals surface area (Å²) in [7, 11) is 0.384. The van der Waals surface area contributed by atoms with E-state index in [1.807, 2.05) is 31.2 Å². The number of nitrogens with one attached hydrogen (secondary N) is 2. The maximum absolute atomic E-state index is 12.6. The third-order valence-corrected chi connectivity index (χ3v) is 10.5. The highest BCUT2D eigenvalue weighted by atomic mass is 35.5. The number of piperazine rings is 1. The fourth-order valence-corrected chi connectivity index (χ4v) is 8.06. The number of halogens is 1. The highest BCUT2D eigenvalue weighted by Crippen LogP contribution is 2.42. The second-order valence-corrected chi connectivity index (χ2v) is 14.3. The predicted molar refractivity (Wildman–Crippen MR) is 178 cm³/mol. The summed E-state index contributed by atoms with van der Waals surface area (Å²) >= 11 is 6.50. The van der Waals surface area contributed by atoms with Crippen LogP contribution < -0.4 is 24.6 Å². The van der Waals surface area contributed by atoms with E-state index in [-0.39, 0.29) is 6.04 Å². The standard InChI is InChI=1S/C31H41ClN8O3S/c1-21-18-22-6-5-7-27(29(22)40(21)44(4,41)42)34-30-25(32)20-33-31(36-30)35-26-9-8-24(19-28(26)43-3)38-12-10-23(11-13-38)39-16-14-37(2)15-17-39/h5-9,19-21,23H,10-18H2,1-4H3,(H2,33,34,35,36). The molecule has 4 heterocycles. The first-order chi connectivity index (χ1) is 21.1. The summed E-state index contributed by atoms with van der Waals surface area (Å²) in [6.45, 7) is 8.55. The molecule has 0 amide bonds. The Morgan fingerprint density at radius 3 is 2.45 bits per heavy atom. The predicted octanol–water partition coefficient (Wildman–Crippen LogP) is 4.55. The molecular weight excluding hydrogens is 600 g/mol. The first-order valence-corrected chi connectivity index (χ1v) is 17.4. The normalized spacial score (nSPS) is 20.1. The lowest BCUT2D eigenvalue weighted by Gasteiger charge is -2.42.